The number of anilines is 1. The highest BCUT2D eigenvalue weighted by molar-refractivity contribution is 5.48. The number of benzene rings is 1. The summed E-state index contributed by atoms with van der Waals surface area (Å²) in [4.78, 5) is 2.58. The summed E-state index contributed by atoms with van der Waals surface area (Å²) in [6, 6.07) is 11.5. The Bertz CT molecular complexity index is 368. The molecular weight excluding hydrogens is 206 g/mol. The Balaban J connectivity index is 2.10. The smallest absolute Gasteiger partial charge is 0.0368 e. The Morgan fingerprint density at radius 2 is 2.12 bits per heavy atom. The monoisotopic (exact) mass is 229 g/mol. The Morgan fingerprint density at radius 3 is 2.76 bits per heavy atom. The van der Waals surface area contributed by atoms with E-state index in [1.807, 2.05) is 0 Å². The van der Waals surface area contributed by atoms with Crippen molar-refractivity contribution in [3.05, 3.63) is 42.5 Å². The van der Waals surface area contributed by atoms with Crippen LogP contribution in [0.3, 0.4) is 0 Å². The largest absolute Gasteiger partial charge is 0.368 e. The quantitative estimate of drug-likeness (QED) is 0.697. The van der Waals surface area contributed by atoms with Gasteiger partial charge in [-0.15, -0.1) is 6.58 Å². The zero-order valence-electron chi connectivity index (χ0n) is 11.0. The van der Waals surface area contributed by atoms with Crippen LogP contribution in [0, 0.1) is 5.92 Å². The van der Waals surface area contributed by atoms with Crippen molar-refractivity contribution >= 4 is 5.69 Å². The van der Waals surface area contributed by atoms with Crippen LogP contribution in [0.4, 0.5) is 5.69 Å². The molecule has 1 heteroatoms. The average molecular weight is 229 g/mol. The SMILES string of the molecule is C=C(C)CC(C)[C@@H]1CCCN1c1ccccc1. The zero-order valence-corrected chi connectivity index (χ0v) is 11.0. The lowest BCUT2D eigenvalue weighted by Gasteiger charge is -2.31. The van der Waals surface area contributed by atoms with Gasteiger partial charge in [-0.3, -0.25) is 0 Å². The normalized spacial score (nSPS) is 21.5. The Morgan fingerprint density at radius 1 is 1.41 bits per heavy atom. The van der Waals surface area contributed by atoms with Crippen molar-refractivity contribution in [2.24, 2.45) is 5.92 Å². The summed E-state index contributed by atoms with van der Waals surface area (Å²) in [5, 5.41) is 0. The number of hydrogen-bond donors (Lipinski definition) is 0. The third-order valence-corrected chi connectivity index (χ3v) is 3.71. The summed E-state index contributed by atoms with van der Waals surface area (Å²) in [6.07, 6.45) is 3.79. The molecule has 0 saturated carbocycles. The fourth-order valence-corrected chi connectivity index (χ4v) is 3.01. The number of para-hydroxylation sites is 1. The summed E-state index contributed by atoms with van der Waals surface area (Å²) in [5.74, 6) is 0.704. The van der Waals surface area contributed by atoms with Gasteiger partial charge in [0.15, 0.2) is 0 Å². The van der Waals surface area contributed by atoms with Crippen molar-refractivity contribution in [2.75, 3.05) is 11.4 Å². The second kappa shape index (κ2) is 5.39. The molecule has 0 radical (unpaired) electrons. The van der Waals surface area contributed by atoms with E-state index < -0.39 is 0 Å². The number of nitrogens with zero attached hydrogens (tertiary/aromatic N) is 1. The second-order valence-electron chi connectivity index (χ2n) is 5.38. The molecule has 17 heavy (non-hydrogen) atoms. The van der Waals surface area contributed by atoms with E-state index in [-0.39, 0.29) is 0 Å². The van der Waals surface area contributed by atoms with Crippen molar-refractivity contribution in [1.29, 1.82) is 0 Å². The maximum Gasteiger partial charge on any atom is 0.0368 e. The maximum absolute atomic E-state index is 4.05. The predicted molar refractivity (Wildman–Crippen MR) is 75.4 cm³/mol. The van der Waals surface area contributed by atoms with Crippen molar-refractivity contribution in [3.63, 3.8) is 0 Å². The molecule has 1 heterocycles. The minimum atomic E-state index is 0.689. The fourth-order valence-electron chi connectivity index (χ4n) is 3.01. The fraction of sp³-hybridized carbons (Fsp3) is 0.500. The predicted octanol–water partition coefficient (Wildman–Crippen LogP) is 4.26. The molecule has 0 spiro atoms. The van der Waals surface area contributed by atoms with Crippen LogP contribution in [-0.2, 0) is 0 Å². The van der Waals surface area contributed by atoms with Gasteiger partial charge in [-0.05, 0) is 44.2 Å². The highest BCUT2D eigenvalue weighted by Crippen LogP contribution is 2.31. The third-order valence-electron chi connectivity index (χ3n) is 3.71. The van der Waals surface area contributed by atoms with E-state index in [4.69, 9.17) is 0 Å². The van der Waals surface area contributed by atoms with Crippen LogP contribution in [0.2, 0.25) is 0 Å². The number of hydrogen-bond acceptors (Lipinski definition) is 1. The molecule has 2 atom stereocenters. The molecule has 1 nitrogen and oxygen atoms in total. The van der Waals surface area contributed by atoms with Crippen molar-refractivity contribution in [1.82, 2.24) is 0 Å². The molecule has 92 valence electrons. The molecule has 0 aliphatic carbocycles. The van der Waals surface area contributed by atoms with Crippen LogP contribution in [-0.4, -0.2) is 12.6 Å². The number of allylic oxidation sites excluding steroid dienone is 1. The first-order valence-electron chi connectivity index (χ1n) is 6.64. The minimum Gasteiger partial charge on any atom is -0.368 e. The van der Waals surface area contributed by atoms with Crippen LogP contribution in [0.5, 0.6) is 0 Å². The van der Waals surface area contributed by atoms with Gasteiger partial charge in [0.1, 0.15) is 0 Å². The Kier molecular flexibility index (Phi) is 3.88. The molecule has 1 aliphatic rings. The summed E-state index contributed by atoms with van der Waals surface area (Å²) in [6.45, 7) is 9.75. The van der Waals surface area contributed by atoms with Crippen LogP contribution < -0.4 is 4.90 Å². The molecule has 0 bridgehead atoms. The van der Waals surface area contributed by atoms with Crippen LogP contribution in [0.25, 0.3) is 0 Å². The summed E-state index contributed by atoms with van der Waals surface area (Å²) in [5.41, 5.74) is 2.68. The van der Waals surface area contributed by atoms with E-state index in [1.54, 1.807) is 0 Å². The highest BCUT2D eigenvalue weighted by atomic mass is 15.2. The van der Waals surface area contributed by atoms with Gasteiger partial charge in [-0.25, -0.2) is 0 Å². The molecule has 0 amide bonds. The molecular formula is C16H23N. The number of rotatable bonds is 4. The van der Waals surface area contributed by atoms with Gasteiger partial charge in [0.25, 0.3) is 0 Å². The standard InChI is InChI=1S/C16H23N/c1-13(2)12-14(3)16-10-7-11-17(16)15-8-5-4-6-9-15/h4-6,8-9,14,16H,1,7,10-12H2,2-3H3/t14?,16-/m0/s1. The molecule has 1 aromatic carbocycles. The van der Waals surface area contributed by atoms with E-state index in [0.29, 0.717) is 12.0 Å². The van der Waals surface area contributed by atoms with Crippen molar-refractivity contribution in [2.45, 2.75) is 39.2 Å². The molecule has 2 rings (SSSR count). The van der Waals surface area contributed by atoms with Gasteiger partial charge in [-0.1, -0.05) is 30.7 Å². The third kappa shape index (κ3) is 2.91. The van der Waals surface area contributed by atoms with E-state index in [1.165, 1.54) is 30.6 Å². The second-order valence-corrected chi connectivity index (χ2v) is 5.38. The van der Waals surface area contributed by atoms with Gasteiger partial charge >= 0.3 is 0 Å². The van der Waals surface area contributed by atoms with Gasteiger partial charge < -0.3 is 4.90 Å². The first-order chi connectivity index (χ1) is 8.18. The van der Waals surface area contributed by atoms with Crippen LogP contribution in [0.1, 0.15) is 33.1 Å². The lowest BCUT2D eigenvalue weighted by molar-refractivity contribution is 0.451. The molecule has 0 N–H and O–H groups in total. The molecule has 1 unspecified atom stereocenters. The summed E-state index contributed by atoms with van der Waals surface area (Å²) >= 11 is 0. The molecule has 1 fully saturated rings. The topological polar surface area (TPSA) is 3.24 Å². The lowest BCUT2D eigenvalue weighted by atomic mass is 9.93. The molecule has 1 saturated heterocycles. The van der Waals surface area contributed by atoms with E-state index in [9.17, 15) is 0 Å². The van der Waals surface area contributed by atoms with Crippen molar-refractivity contribution < 1.29 is 0 Å². The Hall–Kier alpha value is -1.24. The maximum atomic E-state index is 4.05. The zero-order chi connectivity index (χ0) is 12.3. The average Bonchev–Trinajstić information content (AvgIpc) is 2.78. The van der Waals surface area contributed by atoms with Crippen LogP contribution in [0.15, 0.2) is 42.5 Å². The van der Waals surface area contributed by atoms with Gasteiger partial charge in [-0.2, -0.15) is 0 Å². The van der Waals surface area contributed by atoms with E-state index in [0.717, 1.165) is 6.42 Å². The first-order valence-corrected chi connectivity index (χ1v) is 6.64. The summed E-state index contributed by atoms with van der Waals surface area (Å²) < 4.78 is 0. The van der Waals surface area contributed by atoms with Gasteiger partial charge in [0.05, 0.1) is 0 Å². The minimum absolute atomic E-state index is 0.689. The van der Waals surface area contributed by atoms with E-state index in [2.05, 4.69) is 55.7 Å². The lowest BCUT2D eigenvalue weighted by Crippen LogP contribution is -2.34. The van der Waals surface area contributed by atoms with Crippen molar-refractivity contribution in [3.8, 4) is 0 Å². The van der Waals surface area contributed by atoms with Gasteiger partial charge in [0.2, 0.25) is 0 Å². The first kappa shape index (κ1) is 12.2. The summed E-state index contributed by atoms with van der Waals surface area (Å²) in [7, 11) is 0. The highest BCUT2D eigenvalue weighted by Gasteiger charge is 2.28. The molecule has 1 aromatic rings. The molecule has 1 aliphatic heterocycles. The van der Waals surface area contributed by atoms with E-state index >= 15 is 0 Å². The Labute approximate surface area is 105 Å². The molecule has 0 aromatic heterocycles. The van der Waals surface area contributed by atoms with Gasteiger partial charge in [0, 0.05) is 18.3 Å². The van der Waals surface area contributed by atoms with Crippen LogP contribution >= 0.6 is 0 Å².